The number of phosphoric ester groups is 1. The van der Waals surface area contributed by atoms with E-state index in [0.717, 1.165) is 44.9 Å². The minimum atomic E-state index is -4.26. The van der Waals surface area contributed by atoms with Crippen molar-refractivity contribution in [3.05, 3.63) is 12.2 Å². The summed E-state index contributed by atoms with van der Waals surface area (Å²) in [6.07, 6.45) is 32.2. The Hall–Kier alpha value is -0.760. The van der Waals surface area contributed by atoms with Gasteiger partial charge in [-0.25, -0.2) is 4.57 Å². The summed E-state index contributed by atoms with van der Waals surface area (Å²) in [6.45, 7) is 4.90. The van der Waals surface area contributed by atoms with Gasteiger partial charge < -0.3 is 20.1 Å². The minimum absolute atomic E-state index is 0.0942. The van der Waals surface area contributed by atoms with Gasteiger partial charge in [-0.2, -0.15) is 0 Å². The van der Waals surface area contributed by atoms with E-state index in [-0.39, 0.29) is 32.3 Å². The van der Waals surface area contributed by atoms with Gasteiger partial charge in [0.05, 0.1) is 19.8 Å². The van der Waals surface area contributed by atoms with Gasteiger partial charge in [0.15, 0.2) is 0 Å². The van der Waals surface area contributed by atoms with Gasteiger partial charge in [0.2, 0.25) is 0 Å². The lowest BCUT2D eigenvalue weighted by atomic mass is 10.0. The Morgan fingerprint density at radius 1 is 0.659 bits per heavy atom. The molecule has 262 valence electrons. The number of hydrogen-bond acceptors (Lipinski definition) is 7. The molecule has 0 aromatic carbocycles. The first-order valence-corrected chi connectivity index (χ1v) is 19.7. The fourth-order valence-electron chi connectivity index (χ4n) is 4.99. The number of hydrogen-bond donors (Lipinski definition) is 2. The van der Waals surface area contributed by atoms with E-state index in [1.807, 2.05) is 0 Å². The fourth-order valence-corrected chi connectivity index (χ4v) is 5.76. The van der Waals surface area contributed by atoms with Crippen molar-refractivity contribution in [1.82, 2.24) is 0 Å². The molecule has 0 heterocycles. The molecule has 0 radical (unpaired) electrons. The zero-order valence-corrected chi connectivity index (χ0v) is 29.6. The molecule has 0 bridgehead atoms. The highest BCUT2D eigenvalue weighted by molar-refractivity contribution is 7.47. The van der Waals surface area contributed by atoms with E-state index >= 15 is 0 Å². The maximum atomic E-state index is 12.5. The molecular formula is C35H70NO7P. The molecule has 0 spiro atoms. The maximum absolute atomic E-state index is 12.5. The lowest BCUT2D eigenvalue weighted by molar-refractivity contribution is -0.154. The van der Waals surface area contributed by atoms with Crippen LogP contribution in [-0.4, -0.2) is 49.9 Å². The zero-order valence-electron chi connectivity index (χ0n) is 28.7. The summed E-state index contributed by atoms with van der Waals surface area (Å²) in [7, 11) is -4.26. The molecule has 0 aliphatic rings. The molecule has 3 N–H and O–H groups in total. The number of phosphoric acid groups is 1. The van der Waals surface area contributed by atoms with Crippen molar-refractivity contribution < 1.29 is 32.8 Å². The van der Waals surface area contributed by atoms with Crippen molar-refractivity contribution in [3.8, 4) is 0 Å². The second-order valence-corrected chi connectivity index (χ2v) is 13.5. The fraction of sp³-hybridized carbons (Fsp3) is 0.914. The second-order valence-electron chi connectivity index (χ2n) is 12.1. The average Bonchev–Trinajstić information content (AvgIpc) is 3.01. The first-order valence-electron chi connectivity index (χ1n) is 18.2. The Bertz CT molecular complexity index is 692. The third-order valence-electron chi connectivity index (χ3n) is 7.68. The predicted octanol–water partition coefficient (Wildman–Crippen LogP) is 9.97. The van der Waals surface area contributed by atoms with Gasteiger partial charge in [-0.1, -0.05) is 135 Å². The number of nitrogens with two attached hydrogens (primary N) is 1. The van der Waals surface area contributed by atoms with E-state index in [4.69, 9.17) is 24.3 Å². The van der Waals surface area contributed by atoms with Crippen LogP contribution in [0, 0.1) is 0 Å². The number of ether oxygens (including phenoxy) is 2. The SMILES string of the molecule is CCCCC/C=C\CCCCCCCC(=O)OC(COCCCCCCCCCCCCCCC)COP(=O)(O)OCCN. The average molecular weight is 648 g/mol. The van der Waals surface area contributed by atoms with E-state index in [1.54, 1.807) is 0 Å². The monoisotopic (exact) mass is 647 g/mol. The lowest BCUT2D eigenvalue weighted by Gasteiger charge is -2.20. The van der Waals surface area contributed by atoms with Crippen molar-refractivity contribution in [2.24, 2.45) is 5.73 Å². The molecule has 2 atom stereocenters. The minimum Gasteiger partial charge on any atom is -0.457 e. The Kier molecular flexibility index (Phi) is 33.0. The Morgan fingerprint density at radius 2 is 1.14 bits per heavy atom. The van der Waals surface area contributed by atoms with Crippen molar-refractivity contribution in [2.75, 3.05) is 33.0 Å². The molecule has 0 amide bonds. The van der Waals surface area contributed by atoms with Crippen LogP contribution in [0.3, 0.4) is 0 Å². The van der Waals surface area contributed by atoms with Crippen LogP contribution in [0.25, 0.3) is 0 Å². The molecule has 0 rings (SSSR count). The summed E-state index contributed by atoms with van der Waals surface area (Å²) in [4.78, 5) is 22.3. The maximum Gasteiger partial charge on any atom is 0.472 e. The molecule has 0 aliphatic carbocycles. The number of carbonyl (C=O) groups is 1. The molecule has 44 heavy (non-hydrogen) atoms. The number of carbonyl (C=O) groups excluding carboxylic acids is 1. The van der Waals surface area contributed by atoms with Crippen molar-refractivity contribution >= 4 is 13.8 Å². The smallest absolute Gasteiger partial charge is 0.457 e. The Morgan fingerprint density at radius 3 is 1.70 bits per heavy atom. The van der Waals surface area contributed by atoms with E-state index in [0.29, 0.717) is 13.0 Å². The third kappa shape index (κ3) is 32.6. The zero-order chi connectivity index (χ0) is 32.4. The third-order valence-corrected chi connectivity index (χ3v) is 8.67. The summed E-state index contributed by atoms with van der Waals surface area (Å²) in [5.41, 5.74) is 5.34. The van der Waals surface area contributed by atoms with Gasteiger partial charge in [-0.05, 0) is 38.5 Å². The quantitative estimate of drug-likeness (QED) is 0.0302. The molecule has 8 nitrogen and oxygen atoms in total. The van der Waals surface area contributed by atoms with Crippen molar-refractivity contribution in [2.45, 2.75) is 174 Å². The van der Waals surface area contributed by atoms with Crippen molar-refractivity contribution in [3.63, 3.8) is 0 Å². The number of unbranched alkanes of at least 4 members (excludes halogenated alkanes) is 20. The van der Waals surface area contributed by atoms with Gasteiger partial charge in [-0.15, -0.1) is 0 Å². The van der Waals surface area contributed by atoms with E-state index in [9.17, 15) is 14.3 Å². The predicted molar refractivity (Wildman–Crippen MR) is 183 cm³/mol. The molecule has 2 unspecified atom stereocenters. The molecule has 0 aliphatic heterocycles. The van der Waals surface area contributed by atoms with Gasteiger partial charge >= 0.3 is 13.8 Å². The normalized spacial score (nSPS) is 13.8. The largest absolute Gasteiger partial charge is 0.472 e. The molecular weight excluding hydrogens is 577 g/mol. The number of rotatable bonds is 35. The Labute approximate surface area is 271 Å². The van der Waals surface area contributed by atoms with Crippen LogP contribution in [0.2, 0.25) is 0 Å². The number of esters is 1. The van der Waals surface area contributed by atoms with Crippen LogP contribution in [0.1, 0.15) is 168 Å². The molecule has 0 saturated carbocycles. The summed E-state index contributed by atoms with van der Waals surface area (Å²) in [5.74, 6) is -0.339. The lowest BCUT2D eigenvalue weighted by Crippen LogP contribution is -2.28. The summed E-state index contributed by atoms with van der Waals surface area (Å²) < 4.78 is 33.2. The standard InChI is InChI=1S/C35H70NO7P/c1-3-5-7-9-11-13-15-17-19-21-23-25-27-30-40-32-34(33-42-44(38,39)41-31-29-36)43-35(37)28-26-24-22-20-18-16-14-12-10-8-6-4-2/h12,14,34H,3-11,13,15-33,36H2,1-2H3,(H,38,39)/b14-12-. The topological polar surface area (TPSA) is 117 Å². The van der Waals surface area contributed by atoms with Crippen LogP contribution in [0.15, 0.2) is 12.2 Å². The highest BCUT2D eigenvalue weighted by atomic mass is 31.2. The van der Waals surface area contributed by atoms with Gasteiger partial charge in [0, 0.05) is 19.6 Å². The van der Waals surface area contributed by atoms with Crippen LogP contribution in [0.4, 0.5) is 0 Å². The van der Waals surface area contributed by atoms with Gasteiger partial charge in [0.1, 0.15) is 6.10 Å². The first kappa shape index (κ1) is 43.2. The molecule has 9 heteroatoms. The molecule has 0 aromatic rings. The van der Waals surface area contributed by atoms with Crippen molar-refractivity contribution in [1.29, 1.82) is 0 Å². The van der Waals surface area contributed by atoms with Crippen LogP contribution >= 0.6 is 7.82 Å². The van der Waals surface area contributed by atoms with E-state index < -0.39 is 13.9 Å². The second kappa shape index (κ2) is 33.6. The van der Waals surface area contributed by atoms with E-state index in [2.05, 4.69) is 26.0 Å². The van der Waals surface area contributed by atoms with Crippen LogP contribution in [0.5, 0.6) is 0 Å². The molecule has 0 aromatic heterocycles. The van der Waals surface area contributed by atoms with Crippen LogP contribution in [-0.2, 0) is 27.9 Å². The number of allylic oxidation sites excluding steroid dienone is 2. The molecule has 0 fully saturated rings. The summed E-state index contributed by atoms with van der Waals surface area (Å²) in [5, 5.41) is 0. The van der Waals surface area contributed by atoms with Gasteiger partial charge in [0.25, 0.3) is 0 Å². The van der Waals surface area contributed by atoms with E-state index in [1.165, 1.54) is 103 Å². The first-order chi connectivity index (χ1) is 21.4. The summed E-state index contributed by atoms with van der Waals surface area (Å²) >= 11 is 0. The van der Waals surface area contributed by atoms with Gasteiger partial charge in [-0.3, -0.25) is 13.8 Å². The van der Waals surface area contributed by atoms with Crippen LogP contribution < -0.4 is 5.73 Å². The highest BCUT2D eigenvalue weighted by Gasteiger charge is 2.25. The molecule has 0 saturated heterocycles. The Balaban J connectivity index is 4.10. The highest BCUT2D eigenvalue weighted by Crippen LogP contribution is 2.43. The summed E-state index contributed by atoms with van der Waals surface area (Å²) in [6, 6.07) is 0.